The first-order chi connectivity index (χ1) is 17.8. The normalized spacial score (nSPS) is 26.0. The third kappa shape index (κ3) is 5.70. The molecule has 4 atom stereocenters. The lowest BCUT2D eigenvalue weighted by molar-refractivity contribution is -0.308. The Morgan fingerprint density at radius 1 is 1.03 bits per heavy atom. The molecular weight excluding hydrogens is 474 g/mol. The number of ether oxygens (including phenoxy) is 2. The second-order valence-corrected chi connectivity index (χ2v) is 10.7. The largest absolute Gasteiger partial charge is 0.550 e. The highest BCUT2D eigenvalue weighted by atomic mass is 16.6. The highest BCUT2D eigenvalue weighted by Crippen LogP contribution is 2.44. The van der Waals surface area contributed by atoms with E-state index in [1.165, 1.54) is 0 Å². The van der Waals surface area contributed by atoms with Gasteiger partial charge in [0, 0.05) is 43.9 Å². The monoisotopic (exact) mass is 508 g/mol. The molecule has 10 nitrogen and oxygen atoms in total. The van der Waals surface area contributed by atoms with Gasteiger partial charge in [-0.3, -0.25) is 4.79 Å². The zero-order chi connectivity index (χ0) is 26.0. The SMILES string of the molecule is CN(C)c1ccc(-c2ccnc(N[C@H]3CO[C@H]4[C@@H]3OC[C@@H]4NC(=O)CC3(CC(=O)[O-])CCCC3)n2)cc1. The molecule has 3 fully saturated rings. The maximum Gasteiger partial charge on any atom is 0.223 e. The molecule has 198 valence electrons. The van der Waals surface area contributed by atoms with Crippen LogP contribution < -0.4 is 20.6 Å². The number of carboxylic acid groups (broad SMARTS) is 1. The van der Waals surface area contributed by atoms with Gasteiger partial charge < -0.3 is 34.9 Å². The fourth-order valence-corrected chi connectivity index (χ4v) is 5.88. The Morgan fingerprint density at radius 3 is 2.38 bits per heavy atom. The lowest BCUT2D eigenvalue weighted by Gasteiger charge is -2.29. The first kappa shape index (κ1) is 25.4. The number of benzene rings is 1. The van der Waals surface area contributed by atoms with Crippen molar-refractivity contribution in [1.29, 1.82) is 0 Å². The molecule has 1 amide bonds. The first-order valence-electron chi connectivity index (χ1n) is 12.9. The summed E-state index contributed by atoms with van der Waals surface area (Å²) in [6, 6.07) is 9.60. The lowest BCUT2D eigenvalue weighted by Crippen LogP contribution is -2.46. The van der Waals surface area contributed by atoms with Crippen molar-refractivity contribution in [1.82, 2.24) is 15.3 Å². The number of aliphatic carboxylic acids is 1. The summed E-state index contributed by atoms with van der Waals surface area (Å²) in [5.41, 5.74) is 2.42. The van der Waals surface area contributed by atoms with Gasteiger partial charge in [0.15, 0.2) is 0 Å². The molecule has 2 aliphatic heterocycles. The molecule has 1 saturated carbocycles. The minimum absolute atomic E-state index is 0.0744. The van der Waals surface area contributed by atoms with E-state index in [9.17, 15) is 14.7 Å². The quantitative estimate of drug-likeness (QED) is 0.516. The minimum Gasteiger partial charge on any atom is -0.550 e. The summed E-state index contributed by atoms with van der Waals surface area (Å²) in [6.07, 6.45) is 4.66. The van der Waals surface area contributed by atoms with Gasteiger partial charge in [0.2, 0.25) is 11.9 Å². The fraction of sp³-hybridized carbons (Fsp3) is 0.556. The average molecular weight is 509 g/mol. The van der Waals surface area contributed by atoms with Gasteiger partial charge in [-0.25, -0.2) is 9.97 Å². The third-order valence-corrected chi connectivity index (χ3v) is 7.77. The Morgan fingerprint density at radius 2 is 1.70 bits per heavy atom. The van der Waals surface area contributed by atoms with E-state index in [1.54, 1.807) is 6.20 Å². The van der Waals surface area contributed by atoms with Crippen LogP contribution >= 0.6 is 0 Å². The van der Waals surface area contributed by atoms with E-state index in [4.69, 9.17) is 9.47 Å². The third-order valence-electron chi connectivity index (χ3n) is 7.77. The van der Waals surface area contributed by atoms with Crippen LogP contribution in [0.2, 0.25) is 0 Å². The first-order valence-corrected chi connectivity index (χ1v) is 12.9. The summed E-state index contributed by atoms with van der Waals surface area (Å²) in [6.45, 7) is 0.743. The van der Waals surface area contributed by atoms with Crippen molar-refractivity contribution >= 4 is 23.5 Å². The number of fused-ring (bicyclic) bond motifs is 1. The highest BCUT2D eigenvalue weighted by Gasteiger charge is 2.49. The zero-order valence-corrected chi connectivity index (χ0v) is 21.3. The second-order valence-electron chi connectivity index (χ2n) is 10.7. The molecule has 2 aromatic rings. The number of amides is 1. The van der Waals surface area contributed by atoms with E-state index in [2.05, 4.69) is 20.6 Å². The molecule has 10 heteroatoms. The number of hydrogen-bond donors (Lipinski definition) is 2. The zero-order valence-electron chi connectivity index (χ0n) is 21.3. The van der Waals surface area contributed by atoms with E-state index in [-0.39, 0.29) is 43.0 Å². The standard InChI is InChI=1S/C27H35N5O5/c1-32(2)18-7-5-17(6-8-18)19-9-12-28-26(30-19)31-21-16-37-24-20(15-36-25(21)24)29-22(33)13-27(14-23(34)35)10-3-4-11-27/h5-9,12,20-21,24-25H,3-4,10-11,13-16H2,1-2H3,(H,29,33)(H,34,35)(H,28,30,31)/p-1/t20-,21-,24+,25+/m0/s1. The number of nitrogens with one attached hydrogen (secondary N) is 2. The van der Waals surface area contributed by atoms with Crippen LogP contribution in [0.15, 0.2) is 36.5 Å². The van der Waals surface area contributed by atoms with E-state index in [1.807, 2.05) is 49.3 Å². The molecule has 5 rings (SSSR count). The topological polar surface area (TPSA) is 129 Å². The highest BCUT2D eigenvalue weighted by molar-refractivity contribution is 5.78. The van der Waals surface area contributed by atoms with Crippen molar-refractivity contribution in [3.63, 3.8) is 0 Å². The predicted octanol–water partition coefficient (Wildman–Crippen LogP) is 1.36. The molecule has 1 aliphatic carbocycles. The van der Waals surface area contributed by atoms with Gasteiger partial charge in [0.25, 0.3) is 0 Å². The summed E-state index contributed by atoms with van der Waals surface area (Å²) in [5.74, 6) is -0.762. The van der Waals surface area contributed by atoms with E-state index < -0.39 is 11.4 Å². The summed E-state index contributed by atoms with van der Waals surface area (Å²) in [4.78, 5) is 35.2. The number of nitrogens with zero attached hydrogens (tertiary/aromatic N) is 3. The Hall–Kier alpha value is -3.24. The van der Waals surface area contributed by atoms with Gasteiger partial charge in [-0.15, -0.1) is 0 Å². The van der Waals surface area contributed by atoms with Gasteiger partial charge in [0.1, 0.15) is 12.2 Å². The molecule has 3 aliphatic rings. The van der Waals surface area contributed by atoms with Crippen molar-refractivity contribution in [2.75, 3.05) is 37.5 Å². The molecule has 0 spiro atoms. The smallest absolute Gasteiger partial charge is 0.223 e. The molecule has 37 heavy (non-hydrogen) atoms. The molecule has 2 saturated heterocycles. The molecule has 0 radical (unpaired) electrons. The van der Waals surface area contributed by atoms with Crippen LogP contribution in [0, 0.1) is 5.41 Å². The Bertz CT molecular complexity index is 1120. The van der Waals surface area contributed by atoms with Crippen LogP contribution in [0.5, 0.6) is 0 Å². The number of anilines is 2. The van der Waals surface area contributed by atoms with Gasteiger partial charge in [-0.05, 0) is 42.9 Å². The summed E-state index contributed by atoms with van der Waals surface area (Å²) >= 11 is 0. The molecule has 1 aromatic carbocycles. The number of hydrogen-bond acceptors (Lipinski definition) is 9. The molecular formula is C27H34N5O5-. The fourth-order valence-electron chi connectivity index (χ4n) is 5.88. The van der Waals surface area contributed by atoms with Crippen LogP contribution in [-0.4, -0.2) is 73.4 Å². The van der Waals surface area contributed by atoms with Crippen molar-refractivity contribution in [3.8, 4) is 11.3 Å². The van der Waals surface area contributed by atoms with Gasteiger partial charge in [-0.1, -0.05) is 25.0 Å². The van der Waals surface area contributed by atoms with Crippen LogP contribution in [-0.2, 0) is 19.1 Å². The summed E-state index contributed by atoms with van der Waals surface area (Å²) in [5, 5.41) is 17.6. The van der Waals surface area contributed by atoms with Crippen molar-refractivity contribution < 1.29 is 24.2 Å². The van der Waals surface area contributed by atoms with Crippen LogP contribution in [0.1, 0.15) is 38.5 Å². The number of rotatable bonds is 9. The molecule has 1 aromatic heterocycles. The van der Waals surface area contributed by atoms with Crippen molar-refractivity contribution in [2.24, 2.45) is 5.41 Å². The lowest BCUT2D eigenvalue weighted by atomic mass is 9.79. The predicted molar refractivity (Wildman–Crippen MR) is 136 cm³/mol. The van der Waals surface area contributed by atoms with Crippen LogP contribution in [0.4, 0.5) is 11.6 Å². The maximum absolute atomic E-state index is 12.9. The summed E-state index contributed by atoms with van der Waals surface area (Å²) < 4.78 is 12.0. The second kappa shape index (κ2) is 10.6. The van der Waals surface area contributed by atoms with Gasteiger partial charge in [0.05, 0.1) is 31.0 Å². The molecule has 0 unspecified atom stereocenters. The molecule has 3 heterocycles. The molecule has 2 N–H and O–H groups in total. The van der Waals surface area contributed by atoms with Gasteiger partial charge >= 0.3 is 0 Å². The van der Waals surface area contributed by atoms with Crippen LogP contribution in [0.25, 0.3) is 11.3 Å². The maximum atomic E-state index is 12.9. The summed E-state index contributed by atoms with van der Waals surface area (Å²) in [7, 11) is 4.01. The van der Waals surface area contributed by atoms with E-state index in [0.717, 1.165) is 42.6 Å². The molecule has 0 bridgehead atoms. The Labute approximate surface area is 216 Å². The van der Waals surface area contributed by atoms with E-state index >= 15 is 0 Å². The van der Waals surface area contributed by atoms with Crippen LogP contribution in [0.3, 0.4) is 0 Å². The number of carbonyl (C=O) groups is 2. The Kier molecular flexibility index (Phi) is 7.30. The Balaban J connectivity index is 1.18. The van der Waals surface area contributed by atoms with Crippen molar-refractivity contribution in [2.45, 2.75) is 62.8 Å². The van der Waals surface area contributed by atoms with E-state index in [0.29, 0.717) is 19.2 Å². The van der Waals surface area contributed by atoms with Crippen molar-refractivity contribution in [3.05, 3.63) is 36.5 Å². The number of carbonyl (C=O) groups excluding carboxylic acids is 2. The number of carboxylic acids is 1. The average Bonchev–Trinajstić information content (AvgIpc) is 3.58. The van der Waals surface area contributed by atoms with Gasteiger partial charge in [-0.2, -0.15) is 0 Å². The minimum atomic E-state index is -1.09. The number of aromatic nitrogens is 2.